The standard InChI is InChI=1S/C53H96O6/c1-4-7-10-13-16-19-22-25-26-27-28-29-32-34-37-40-43-46-52(55)58-49-50(59-53(56)47-44-41-38-35-31-24-21-18-15-12-9-6-3)48-57-51(54)45-42-39-36-33-30-23-20-17-14-11-8-5-2/h16,19,25-26,28-29,50H,4-15,17-18,20-24,27,30-49H2,1-3H3/b19-16-,26-25-,29-28-/t50-/m1/s1. The Morgan fingerprint density at radius 1 is 0.339 bits per heavy atom. The fourth-order valence-electron chi connectivity index (χ4n) is 7.27. The number of hydrogen-bond donors (Lipinski definition) is 0. The van der Waals surface area contributed by atoms with Gasteiger partial charge < -0.3 is 14.2 Å². The van der Waals surface area contributed by atoms with Crippen molar-refractivity contribution in [3.05, 3.63) is 36.5 Å². The number of hydrogen-bond acceptors (Lipinski definition) is 6. The molecule has 59 heavy (non-hydrogen) atoms. The number of allylic oxidation sites excluding steroid dienone is 6. The summed E-state index contributed by atoms with van der Waals surface area (Å²) in [6.45, 7) is 6.60. The number of esters is 3. The SMILES string of the molecule is CCCCC/C=C\C/C=C\C/C=C\CCCCCCC(=O)OC[C@@H](COC(=O)CCCCCCCCCCCCCC)OC(=O)CCCCCCCCCCCCCC. The third-order valence-electron chi connectivity index (χ3n) is 11.1. The Morgan fingerprint density at radius 2 is 0.610 bits per heavy atom. The summed E-state index contributed by atoms with van der Waals surface area (Å²) in [5.74, 6) is -0.888. The van der Waals surface area contributed by atoms with Crippen LogP contribution in [0.3, 0.4) is 0 Å². The highest BCUT2D eigenvalue weighted by Crippen LogP contribution is 2.15. The molecule has 0 rings (SSSR count). The highest BCUT2D eigenvalue weighted by atomic mass is 16.6. The zero-order valence-corrected chi connectivity index (χ0v) is 39.3. The highest BCUT2D eigenvalue weighted by Gasteiger charge is 2.19. The molecule has 0 aliphatic heterocycles. The number of carbonyl (C=O) groups is 3. The van der Waals surface area contributed by atoms with Gasteiger partial charge in [-0.2, -0.15) is 0 Å². The van der Waals surface area contributed by atoms with E-state index in [1.165, 1.54) is 141 Å². The maximum absolute atomic E-state index is 12.8. The van der Waals surface area contributed by atoms with Crippen molar-refractivity contribution >= 4 is 17.9 Å². The van der Waals surface area contributed by atoms with Crippen LogP contribution in [0.25, 0.3) is 0 Å². The van der Waals surface area contributed by atoms with Crippen LogP contribution in [0.15, 0.2) is 36.5 Å². The van der Waals surface area contributed by atoms with Crippen molar-refractivity contribution in [1.82, 2.24) is 0 Å². The first-order valence-electron chi connectivity index (χ1n) is 25.5. The molecule has 0 aromatic rings. The van der Waals surface area contributed by atoms with Crippen LogP contribution in [-0.4, -0.2) is 37.2 Å². The molecule has 6 nitrogen and oxygen atoms in total. The molecule has 0 aliphatic carbocycles. The van der Waals surface area contributed by atoms with Gasteiger partial charge in [0, 0.05) is 19.3 Å². The summed E-state index contributed by atoms with van der Waals surface area (Å²) in [7, 11) is 0. The van der Waals surface area contributed by atoms with E-state index in [0.717, 1.165) is 83.5 Å². The molecule has 0 unspecified atom stereocenters. The quantitative estimate of drug-likeness (QED) is 0.0263. The van der Waals surface area contributed by atoms with Gasteiger partial charge in [-0.3, -0.25) is 14.4 Å². The molecule has 0 N–H and O–H groups in total. The van der Waals surface area contributed by atoms with Crippen LogP contribution < -0.4 is 0 Å². The maximum Gasteiger partial charge on any atom is 0.306 e. The predicted octanol–water partition coefficient (Wildman–Crippen LogP) is 16.5. The number of carbonyl (C=O) groups excluding carboxylic acids is 3. The predicted molar refractivity (Wildman–Crippen MR) is 252 cm³/mol. The first-order chi connectivity index (χ1) is 29.0. The molecule has 0 aromatic carbocycles. The summed E-state index contributed by atoms with van der Waals surface area (Å²) in [6, 6.07) is 0. The fraction of sp³-hybridized carbons (Fsp3) is 0.830. The van der Waals surface area contributed by atoms with E-state index in [9.17, 15) is 14.4 Å². The number of ether oxygens (including phenoxy) is 3. The Labute approximate surface area is 365 Å². The van der Waals surface area contributed by atoms with Crippen LogP contribution in [0.2, 0.25) is 0 Å². The lowest BCUT2D eigenvalue weighted by Gasteiger charge is -2.18. The molecule has 344 valence electrons. The van der Waals surface area contributed by atoms with Gasteiger partial charge in [-0.25, -0.2) is 0 Å². The molecule has 6 heteroatoms. The first kappa shape index (κ1) is 56.6. The smallest absolute Gasteiger partial charge is 0.306 e. The van der Waals surface area contributed by atoms with Gasteiger partial charge in [0.1, 0.15) is 13.2 Å². The zero-order valence-electron chi connectivity index (χ0n) is 39.3. The minimum absolute atomic E-state index is 0.0754. The molecule has 1 atom stereocenters. The summed E-state index contributed by atoms with van der Waals surface area (Å²) < 4.78 is 16.8. The lowest BCUT2D eigenvalue weighted by Crippen LogP contribution is -2.30. The van der Waals surface area contributed by atoms with Gasteiger partial charge in [0.25, 0.3) is 0 Å². The van der Waals surface area contributed by atoms with E-state index in [4.69, 9.17) is 14.2 Å². The van der Waals surface area contributed by atoms with Gasteiger partial charge in [-0.05, 0) is 57.8 Å². The molecular formula is C53H96O6. The minimum atomic E-state index is -0.775. The second-order valence-electron chi connectivity index (χ2n) is 17.1. The van der Waals surface area contributed by atoms with Crippen LogP contribution in [0, 0.1) is 0 Å². The number of unbranched alkanes of at least 4 members (excludes halogenated alkanes) is 29. The highest BCUT2D eigenvalue weighted by molar-refractivity contribution is 5.71. The van der Waals surface area contributed by atoms with E-state index in [1.54, 1.807) is 0 Å². The van der Waals surface area contributed by atoms with Gasteiger partial charge in [0.05, 0.1) is 0 Å². The lowest BCUT2D eigenvalue weighted by atomic mass is 10.0. The monoisotopic (exact) mass is 829 g/mol. The number of rotatable bonds is 46. The van der Waals surface area contributed by atoms with Gasteiger partial charge >= 0.3 is 17.9 Å². The normalized spacial score (nSPS) is 12.3. The zero-order chi connectivity index (χ0) is 43.0. The third kappa shape index (κ3) is 46.5. The Morgan fingerprint density at radius 3 is 0.983 bits per heavy atom. The van der Waals surface area contributed by atoms with E-state index in [2.05, 4.69) is 57.2 Å². The first-order valence-corrected chi connectivity index (χ1v) is 25.5. The van der Waals surface area contributed by atoms with E-state index in [1.807, 2.05) is 0 Å². The Bertz CT molecular complexity index is 1000. The maximum atomic E-state index is 12.8. The van der Waals surface area contributed by atoms with E-state index in [0.29, 0.717) is 19.3 Å². The molecule has 0 saturated carbocycles. The van der Waals surface area contributed by atoms with Crippen molar-refractivity contribution in [2.75, 3.05) is 13.2 Å². The van der Waals surface area contributed by atoms with Crippen LogP contribution >= 0.6 is 0 Å². The molecule has 0 heterocycles. The largest absolute Gasteiger partial charge is 0.462 e. The molecule has 0 amide bonds. The molecule has 0 radical (unpaired) electrons. The van der Waals surface area contributed by atoms with Crippen molar-refractivity contribution in [3.8, 4) is 0 Å². The molecule has 0 aliphatic rings. The van der Waals surface area contributed by atoms with E-state index < -0.39 is 6.10 Å². The fourth-order valence-corrected chi connectivity index (χ4v) is 7.27. The minimum Gasteiger partial charge on any atom is -0.462 e. The van der Waals surface area contributed by atoms with E-state index >= 15 is 0 Å². The van der Waals surface area contributed by atoms with Crippen LogP contribution in [0.1, 0.15) is 265 Å². The Kier molecular flexibility index (Phi) is 46.4. The summed E-state index contributed by atoms with van der Waals surface area (Å²) >= 11 is 0. The summed E-state index contributed by atoms with van der Waals surface area (Å²) in [5.41, 5.74) is 0. The van der Waals surface area contributed by atoms with Crippen molar-refractivity contribution in [3.63, 3.8) is 0 Å². The van der Waals surface area contributed by atoms with Crippen LogP contribution in [0.5, 0.6) is 0 Å². The van der Waals surface area contributed by atoms with E-state index in [-0.39, 0.29) is 31.1 Å². The second-order valence-corrected chi connectivity index (χ2v) is 17.1. The van der Waals surface area contributed by atoms with Gasteiger partial charge in [0.15, 0.2) is 6.10 Å². The molecule has 0 bridgehead atoms. The van der Waals surface area contributed by atoms with Gasteiger partial charge in [-0.15, -0.1) is 0 Å². The molecule has 0 spiro atoms. The topological polar surface area (TPSA) is 78.9 Å². The van der Waals surface area contributed by atoms with Gasteiger partial charge in [0.2, 0.25) is 0 Å². The average Bonchev–Trinajstić information content (AvgIpc) is 3.23. The third-order valence-corrected chi connectivity index (χ3v) is 11.1. The molecule has 0 saturated heterocycles. The summed E-state index contributed by atoms with van der Waals surface area (Å²) in [4.78, 5) is 37.9. The Balaban J connectivity index is 4.37. The van der Waals surface area contributed by atoms with Crippen molar-refractivity contribution < 1.29 is 28.6 Å². The summed E-state index contributed by atoms with van der Waals surface area (Å²) in [5, 5.41) is 0. The van der Waals surface area contributed by atoms with Crippen molar-refractivity contribution in [1.29, 1.82) is 0 Å². The second kappa shape index (κ2) is 48.3. The van der Waals surface area contributed by atoms with Crippen LogP contribution in [-0.2, 0) is 28.6 Å². The Hall–Kier alpha value is -2.37. The van der Waals surface area contributed by atoms with Crippen molar-refractivity contribution in [2.45, 2.75) is 271 Å². The summed E-state index contributed by atoms with van der Waals surface area (Å²) in [6.07, 6.45) is 55.5. The molecule has 0 fully saturated rings. The average molecular weight is 829 g/mol. The van der Waals surface area contributed by atoms with Gasteiger partial charge in [-0.1, -0.05) is 224 Å². The van der Waals surface area contributed by atoms with Crippen molar-refractivity contribution in [2.24, 2.45) is 0 Å². The molecular weight excluding hydrogens is 733 g/mol. The molecule has 0 aromatic heterocycles. The lowest BCUT2D eigenvalue weighted by molar-refractivity contribution is -0.167. The van der Waals surface area contributed by atoms with Crippen LogP contribution in [0.4, 0.5) is 0 Å².